The summed E-state index contributed by atoms with van der Waals surface area (Å²) in [5, 5.41) is 13.8. The minimum atomic E-state index is -1.05. The molecule has 0 bridgehead atoms. The molecule has 0 aliphatic rings. The predicted molar refractivity (Wildman–Crippen MR) is 122 cm³/mol. The molecular formula is C24H18ClN3O3. The molecule has 31 heavy (non-hydrogen) atoms. The summed E-state index contributed by atoms with van der Waals surface area (Å²) in [5.41, 5.74) is 3.22. The van der Waals surface area contributed by atoms with Gasteiger partial charge in [-0.3, -0.25) is 4.79 Å². The van der Waals surface area contributed by atoms with E-state index in [4.69, 9.17) is 11.6 Å². The molecule has 4 rings (SSSR count). The van der Waals surface area contributed by atoms with Crippen LogP contribution in [0.4, 0.5) is 5.69 Å². The molecule has 0 fully saturated rings. The zero-order valence-electron chi connectivity index (χ0n) is 16.3. The monoisotopic (exact) mass is 431 g/mol. The molecule has 6 nitrogen and oxygen atoms in total. The summed E-state index contributed by atoms with van der Waals surface area (Å²) in [6, 6.07) is 17.7. The highest BCUT2D eigenvalue weighted by Crippen LogP contribution is 2.29. The van der Waals surface area contributed by atoms with Crippen molar-refractivity contribution in [3.8, 4) is 0 Å². The molecule has 0 spiro atoms. The number of aliphatic carboxylic acids is 1. The lowest BCUT2D eigenvalue weighted by Crippen LogP contribution is -2.14. The van der Waals surface area contributed by atoms with Gasteiger partial charge < -0.3 is 15.4 Å². The van der Waals surface area contributed by atoms with Crippen molar-refractivity contribution in [1.29, 1.82) is 0 Å². The highest BCUT2D eigenvalue weighted by atomic mass is 35.5. The van der Waals surface area contributed by atoms with Crippen LogP contribution in [-0.2, 0) is 16.0 Å². The zero-order chi connectivity index (χ0) is 21.8. The number of benzene rings is 2. The van der Waals surface area contributed by atoms with E-state index < -0.39 is 5.97 Å². The van der Waals surface area contributed by atoms with Crippen LogP contribution >= 0.6 is 11.6 Å². The van der Waals surface area contributed by atoms with Crippen LogP contribution < -0.4 is 5.32 Å². The molecule has 0 saturated carbocycles. The number of H-pyrrole nitrogens is 1. The number of anilines is 1. The maximum atomic E-state index is 12.6. The van der Waals surface area contributed by atoms with Crippen molar-refractivity contribution in [1.82, 2.24) is 9.97 Å². The van der Waals surface area contributed by atoms with E-state index in [1.807, 2.05) is 12.1 Å². The van der Waals surface area contributed by atoms with Gasteiger partial charge in [-0.2, -0.15) is 0 Å². The Morgan fingerprint density at radius 3 is 2.65 bits per heavy atom. The van der Waals surface area contributed by atoms with Crippen molar-refractivity contribution in [2.45, 2.75) is 6.42 Å². The third-order valence-corrected chi connectivity index (χ3v) is 4.98. The number of hydrogen-bond donors (Lipinski definition) is 3. The van der Waals surface area contributed by atoms with Crippen LogP contribution in [0.5, 0.6) is 0 Å². The lowest BCUT2D eigenvalue weighted by atomic mass is 10.0. The van der Waals surface area contributed by atoms with Crippen molar-refractivity contribution in [3.63, 3.8) is 0 Å². The maximum Gasteiger partial charge on any atom is 0.336 e. The number of nitrogens with one attached hydrogen (secondary N) is 2. The largest absolute Gasteiger partial charge is 0.478 e. The molecule has 1 amide bonds. The fourth-order valence-corrected chi connectivity index (χ4v) is 3.58. The fraction of sp³-hybridized carbons (Fsp3) is 0.0417. The molecule has 0 atom stereocenters. The number of carbonyl (C=O) groups excluding carboxylic acids is 1. The normalized spacial score (nSPS) is 11.5. The van der Waals surface area contributed by atoms with Gasteiger partial charge in [0.1, 0.15) is 5.65 Å². The number of aromatic amines is 1. The number of nitrogens with zero attached hydrogens (tertiary/aromatic N) is 1. The topological polar surface area (TPSA) is 95.1 Å². The number of halogens is 1. The lowest BCUT2D eigenvalue weighted by molar-refractivity contribution is -0.130. The van der Waals surface area contributed by atoms with Crippen molar-refractivity contribution >= 4 is 51.8 Å². The molecule has 0 unspecified atom stereocenters. The molecule has 4 aromatic rings. The first-order valence-electron chi connectivity index (χ1n) is 9.52. The van der Waals surface area contributed by atoms with Crippen molar-refractivity contribution in [2.75, 3.05) is 5.32 Å². The quantitative estimate of drug-likeness (QED) is 0.373. The number of aromatic nitrogens is 2. The van der Waals surface area contributed by atoms with Gasteiger partial charge in [0.2, 0.25) is 5.91 Å². The smallest absolute Gasteiger partial charge is 0.336 e. The minimum Gasteiger partial charge on any atom is -0.478 e. The molecule has 0 saturated heterocycles. The van der Waals surface area contributed by atoms with Crippen molar-refractivity contribution in [3.05, 3.63) is 94.8 Å². The highest BCUT2D eigenvalue weighted by Gasteiger charge is 2.15. The number of amides is 1. The van der Waals surface area contributed by atoms with Crippen LogP contribution in [0.25, 0.3) is 22.7 Å². The molecule has 2 aromatic heterocycles. The van der Waals surface area contributed by atoms with Crippen LogP contribution in [0.3, 0.4) is 0 Å². The SMILES string of the molecule is O=C(Cc1cccc(Cl)c1)Nc1ccnc2[nH]cc(/C=C(/C(=O)O)c3ccccc3)c12. The van der Waals surface area contributed by atoms with E-state index in [-0.39, 0.29) is 17.9 Å². The summed E-state index contributed by atoms with van der Waals surface area (Å²) >= 11 is 6.00. The maximum absolute atomic E-state index is 12.6. The molecular weight excluding hydrogens is 414 g/mol. The van der Waals surface area contributed by atoms with Gasteiger partial charge in [0, 0.05) is 28.4 Å². The molecule has 154 valence electrons. The van der Waals surface area contributed by atoms with E-state index in [2.05, 4.69) is 15.3 Å². The Morgan fingerprint density at radius 2 is 1.90 bits per heavy atom. The standard InChI is InChI=1S/C24H18ClN3O3/c25-18-8-4-5-15(11-18)12-21(29)28-20-9-10-26-23-22(20)17(14-27-23)13-19(24(30)31)16-6-2-1-3-7-16/h1-11,13-14H,12H2,(H,30,31)(H2,26,27,28,29)/b19-13+. The number of fused-ring (bicyclic) bond motifs is 1. The summed E-state index contributed by atoms with van der Waals surface area (Å²) in [6.07, 6.45) is 4.99. The van der Waals surface area contributed by atoms with Gasteiger partial charge in [-0.05, 0) is 35.4 Å². The van der Waals surface area contributed by atoms with Gasteiger partial charge in [0.25, 0.3) is 0 Å². The average molecular weight is 432 g/mol. The van der Waals surface area contributed by atoms with E-state index in [1.54, 1.807) is 67.0 Å². The van der Waals surface area contributed by atoms with E-state index in [1.165, 1.54) is 0 Å². The number of carboxylic acid groups (broad SMARTS) is 1. The lowest BCUT2D eigenvalue weighted by Gasteiger charge is -2.08. The number of rotatable bonds is 6. The third-order valence-electron chi connectivity index (χ3n) is 4.75. The molecule has 0 radical (unpaired) electrons. The van der Waals surface area contributed by atoms with E-state index in [0.717, 1.165) is 5.56 Å². The van der Waals surface area contributed by atoms with Crippen molar-refractivity contribution < 1.29 is 14.7 Å². The van der Waals surface area contributed by atoms with Gasteiger partial charge in [-0.1, -0.05) is 54.1 Å². The highest BCUT2D eigenvalue weighted by molar-refractivity contribution is 6.30. The Hall–Kier alpha value is -3.90. The second-order valence-electron chi connectivity index (χ2n) is 6.91. The van der Waals surface area contributed by atoms with E-state index in [9.17, 15) is 14.7 Å². The molecule has 2 aromatic carbocycles. The summed E-state index contributed by atoms with van der Waals surface area (Å²) in [7, 11) is 0. The number of carbonyl (C=O) groups is 2. The van der Waals surface area contributed by atoms with Crippen LogP contribution in [0.15, 0.2) is 73.1 Å². The van der Waals surface area contributed by atoms with Crippen LogP contribution in [-0.4, -0.2) is 27.0 Å². The van der Waals surface area contributed by atoms with Crippen LogP contribution in [0.1, 0.15) is 16.7 Å². The molecule has 7 heteroatoms. The predicted octanol–water partition coefficient (Wildman–Crippen LogP) is 5.02. The van der Waals surface area contributed by atoms with Gasteiger partial charge in [0.05, 0.1) is 17.7 Å². The first-order chi connectivity index (χ1) is 15.0. The third kappa shape index (κ3) is 4.65. The van der Waals surface area contributed by atoms with Gasteiger partial charge in [-0.15, -0.1) is 0 Å². The fourth-order valence-electron chi connectivity index (χ4n) is 3.37. The number of pyridine rings is 1. The minimum absolute atomic E-state index is 0.140. The second kappa shape index (κ2) is 8.85. The Bertz CT molecular complexity index is 1300. The van der Waals surface area contributed by atoms with E-state index in [0.29, 0.717) is 32.9 Å². The van der Waals surface area contributed by atoms with Crippen LogP contribution in [0, 0.1) is 0 Å². The average Bonchev–Trinajstić information content (AvgIpc) is 3.16. The first-order valence-corrected chi connectivity index (χ1v) is 9.90. The summed E-state index contributed by atoms with van der Waals surface area (Å²) in [4.78, 5) is 31.8. The Labute approximate surface area is 183 Å². The summed E-state index contributed by atoms with van der Waals surface area (Å²) in [6.45, 7) is 0. The van der Waals surface area contributed by atoms with E-state index >= 15 is 0 Å². The Kier molecular flexibility index (Phi) is 5.82. The van der Waals surface area contributed by atoms with Gasteiger partial charge in [0.15, 0.2) is 0 Å². The molecule has 2 heterocycles. The molecule has 3 N–H and O–H groups in total. The van der Waals surface area contributed by atoms with Gasteiger partial charge >= 0.3 is 5.97 Å². The summed E-state index contributed by atoms with van der Waals surface area (Å²) < 4.78 is 0. The zero-order valence-corrected chi connectivity index (χ0v) is 17.1. The number of carboxylic acids is 1. The summed E-state index contributed by atoms with van der Waals surface area (Å²) in [5.74, 6) is -1.26. The Balaban J connectivity index is 1.69. The second-order valence-corrected chi connectivity index (χ2v) is 7.35. The molecule has 0 aliphatic heterocycles. The van der Waals surface area contributed by atoms with Gasteiger partial charge in [-0.25, -0.2) is 9.78 Å². The van der Waals surface area contributed by atoms with Crippen LogP contribution in [0.2, 0.25) is 5.02 Å². The first kappa shape index (κ1) is 20.4. The molecule has 0 aliphatic carbocycles. The van der Waals surface area contributed by atoms with Crippen molar-refractivity contribution in [2.24, 2.45) is 0 Å². The number of hydrogen-bond acceptors (Lipinski definition) is 3. The Morgan fingerprint density at radius 1 is 1.10 bits per heavy atom.